The largest absolute Gasteiger partial charge is 0.484 e. The third kappa shape index (κ3) is 6.94. The van der Waals surface area contributed by atoms with Crippen LogP contribution in [0.25, 0.3) is 0 Å². The molecule has 0 atom stereocenters. The minimum absolute atomic E-state index is 0.0391. The van der Waals surface area contributed by atoms with Crippen molar-refractivity contribution in [3.63, 3.8) is 0 Å². The Morgan fingerprint density at radius 2 is 1.93 bits per heavy atom. The molecule has 0 saturated heterocycles. The van der Waals surface area contributed by atoms with Gasteiger partial charge in [0.1, 0.15) is 5.75 Å². The van der Waals surface area contributed by atoms with Crippen LogP contribution in [0.3, 0.4) is 0 Å². The standard InChI is InChI=1S/C23H36N4O2/c1-3-23(13-5-14-23)17-26-22(24-4-2)25-15-12-18-6-10-20(11-7-18)29-16-21(28)27-19-8-9-19/h6-7,10-11,19H,3-5,8-9,12-17H2,1-2H3,(H,27,28)(H2,24,25,26). The van der Waals surface area contributed by atoms with Gasteiger partial charge in [-0.05, 0) is 68.6 Å². The van der Waals surface area contributed by atoms with Crippen molar-refractivity contribution in [2.75, 3.05) is 26.2 Å². The molecule has 29 heavy (non-hydrogen) atoms. The number of carbonyl (C=O) groups excluding carboxylic acids is 1. The van der Waals surface area contributed by atoms with Gasteiger partial charge in [-0.1, -0.05) is 25.5 Å². The smallest absolute Gasteiger partial charge is 0.258 e. The Labute approximate surface area is 174 Å². The Balaban J connectivity index is 1.39. The van der Waals surface area contributed by atoms with E-state index in [2.05, 4.69) is 41.9 Å². The Morgan fingerprint density at radius 1 is 1.17 bits per heavy atom. The van der Waals surface area contributed by atoms with Gasteiger partial charge in [-0.3, -0.25) is 9.79 Å². The Bertz CT molecular complexity index is 673. The molecule has 0 radical (unpaired) electrons. The van der Waals surface area contributed by atoms with Gasteiger partial charge in [0.25, 0.3) is 5.91 Å². The summed E-state index contributed by atoms with van der Waals surface area (Å²) in [6, 6.07) is 8.35. The topological polar surface area (TPSA) is 74.8 Å². The highest BCUT2D eigenvalue weighted by Crippen LogP contribution is 2.43. The van der Waals surface area contributed by atoms with E-state index >= 15 is 0 Å². The van der Waals surface area contributed by atoms with Crippen molar-refractivity contribution in [2.45, 2.75) is 64.8 Å². The molecule has 6 nitrogen and oxygen atoms in total. The van der Waals surface area contributed by atoms with Crippen LogP contribution in [0, 0.1) is 5.41 Å². The number of rotatable bonds is 11. The maximum atomic E-state index is 11.7. The van der Waals surface area contributed by atoms with Crippen molar-refractivity contribution >= 4 is 11.9 Å². The number of hydrogen-bond acceptors (Lipinski definition) is 3. The molecule has 1 aromatic carbocycles. The number of carbonyl (C=O) groups is 1. The monoisotopic (exact) mass is 400 g/mol. The van der Waals surface area contributed by atoms with Crippen LogP contribution in [0.4, 0.5) is 0 Å². The van der Waals surface area contributed by atoms with Crippen LogP contribution in [-0.4, -0.2) is 44.1 Å². The van der Waals surface area contributed by atoms with Crippen LogP contribution in [0.5, 0.6) is 5.75 Å². The first-order valence-electron chi connectivity index (χ1n) is 11.2. The highest BCUT2D eigenvalue weighted by atomic mass is 16.5. The second-order valence-electron chi connectivity index (χ2n) is 8.35. The lowest BCUT2D eigenvalue weighted by Gasteiger charge is -2.40. The molecule has 0 aromatic heterocycles. The van der Waals surface area contributed by atoms with E-state index in [1.807, 2.05) is 12.1 Å². The van der Waals surface area contributed by atoms with E-state index in [1.165, 1.54) is 31.2 Å². The first kappa shape index (κ1) is 21.5. The first-order valence-corrected chi connectivity index (χ1v) is 11.2. The molecule has 2 aliphatic carbocycles. The fourth-order valence-electron chi connectivity index (χ4n) is 3.61. The fraction of sp³-hybridized carbons (Fsp3) is 0.652. The van der Waals surface area contributed by atoms with Crippen LogP contribution < -0.4 is 20.7 Å². The van der Waals surface area contributed by atoms with Gasteiger partial charge in [0.05, 0.1) is 0 Å². The predicted octanol–water partition coefficient (Wildman–Crippen LogP) is 3.02. The summed E-state index contributed by atoms with van der Waals surface area (Å²) in [5, 5.41) is 9.72. The fourth-order valence-corrected chi connectivity index (χ4v) is 3.61. The van der Waals surface area contributed by atoms with Gasteiger partial charge in [-0.25, -0.2) is 0 Å². The molecular formula is C23H36N4O2. The van der Waals surface area contributed by atoms with Crippen molar-refractivity contribution < 1.29 is 9.53 Å². The minimum Gasteiger partial charge on any atom is -0.484 e. The van der Waals surface area contributed by atoms with E-state index in [4.69, 9.17) is 9.73 Å². The van der Waals surface area contributed by atoms with E-state index in [0.29, 0.717) is 11.5 Å². The number of hydrogen-bond donors (Lipinski definition) is 3. The van der Waals surface area contributed by atoms with Gasteiger partial charge >= 0.3 is 0 Å². The zero-order valence-corrected chi connectivity index (χ0v) is 17.9. The number of amides is 1. The summed E-state index contributed by atoms with van der Waals surface area (Å²) in [6.45, 7) is 7.07. The second kappa shape index (κ2) is 10.5. The molecule has 0 unspecified atom stereocenters. The summed E-state index contributed by atoms with van der Waals surface area (Å²) in [7, 11) is 0. The lowest BCUT2D eigenvalue weighted by atomic mass is 9.67. The van der Waals surface area contributed by atoms with Crippen molar-refractivity contribution in [3.05, 3.63) is 29.8 Å². The van der Waals surface area contributed by atoms with Gasteiger partial charge in [-0.15, -0.1) is 0 Å². The van der Waals surface area contributed by atoms with Gasteiger partial charge in [-0.2, -0.15) is 0 Å². The molecule has 3 N–H and O–H groups in total. The molecular weight excluding hydrogens is 364 g/mol. The predicted molar refractivity (Wildman–Crippen MR) is 117 cm³/mol. The van der Waals surface area contributed by atoms with Crippen LogP contribution in [0.2, 0.25) is 0 Å². The molecule has 0 heterocycles. The van der Waals surface area contributed by atoms with E-state index in [9.17, 15) is 4.79 Å². The molecule has 0 aliphatic heterocycles. The molecule has 160 valence electrons. The average Bonchev–Trinajstić information content (AvgIpc) is 3.51. The normalized spacial score (nSPS) is 17.9. The van der Waals surface area contributed by atoms with Gasteiger partial charge < -0.3 is 20.7 Å². The molecule has 3 rings (SSSR count). The van der Waals surface area contributed by atoms with Crippen LogP contribution in [-0.2, 0) is 11.2 Å². The van der Waals surface area contributed by atoms with Gasteiger partial charge in [0.15, 0.2) is 12.6 Å². The van der Waals surface area contributed by atoms with Crippen molar-refractivity contribution in [1.82, 2.24) is 16.0 Å². The quantitative estimate of drug-likeness (QED) is 0.394. The molecule has 2 aliphatic rings. The highest BCUT2D eigenvalue weighted by molar-refractivity contribution is 5.79. The van der Waals surface area contributed by atoms with Crippen LogP contribution in [0.15, 0.2) is 29.3 Å². The van der Waals surface area contributed by atoms with E-state index in [-0.39, 0.29) is 12.5 Å². The number of nitrogens with one attached hydrogen (secondary N) is 3. The summed E-state index contributed by atoms with van der Waals surface area (Å²) in [5.74, 6) is 1.60. The summed E-state index contributed by atoms with van der Waals surface area (Å²) in [4.78, 5) is 16.5. The Morgan fingerprint density at radius 3 is 2.52 bits per heavy atom. The maximum Gasteiger partial charge on any atom is 0.258 e. The molecule has 0 bridgehead atoms. The van der Waals surface area contributed by atoms with Crippen molar-refractivity contribution in [3.8, 4) is 5.75 Å². The van der Waals surface area contributed by atoms with E-state index in [0.717, 1.165) is 50.6 Å². The molecule has 1 aromatic rings. The maximum absolute atomic E-state index is 11.7. The number of benzene rings is 1. The lowest BCUT2D eigenvalue weighted by Crippen LogP contribution is -2.40. The van der Waals surface area contributed by atoms with E-state index in [1.54, 1.807) is 0 Å². The van der Waals surface area contributed by atoms with Crippen molar-refractivity contribution in [1.29, 1.82) is 0 Å². The minimum atomic E-state index is -0.0391. The number of guanidine groups is 1. The first-order chi connectivity index (χ1) is 14.1. The van der Waals surface area contributed by atoms with Crippen LogP contribution >= 0.6 is 0 Å². The zero-order chi connectivity index (χ0) is 20.5. The second-order valence-corrected chi connectivity index (χ2v) is 8.35. The molecule has 1 amide bonds. The molecule has 2 fully saturated rings. The number of aliphatic imine (C=N–C) groups is 1. The molecule has 0 spiro atoms. The van der Waals surface area contributed by atoms with Gasteiger partial charge in [0, 0.05) is 25.7 Å². The zero-order valence-electron chi connectivity index (χ0n) is 17.9. The third-order valence-electron chi connectivity index (χ3n) is 6.02. The number of ether oxygens (including phenoxy) is 1. The summed E-state index contributed by atoms with van der Waals surface area (Å²) < 4.78 is 5.56. The summed E-state index contributed by atoms with van der Waals surface area (Å²) in [5.41, 5.74) is 1.67. The van der Waals surface area contributed by atoms with Gasteiger partial charge in [0.2, 0.25) is 0 Å². The molecule has 2 saturated carbocycles. The Hall–Kier alpha value is -2.24. The molecule has 6 heteroatoms. The SMILES string of the molecule is CCNC(=NCC1(CC)CCC1)NCCc1ccc(OCC(=O)NC2CC2)cc1. The average molecular weight is 401 g/mol. The third-order valence-corrected chi connectivity index (χ3v) is 6.02. The summed E-state index contributed by atoms with van der Waals surface area (Å²) >= 11 is 0. The number of nitrogens with zero attached hydrogens (tertiary/aromatic N) is 1. The highest BCUT2D eigenvalue weighted by Gasteiger charge is 2.34. The lowest BCUT2D eigenvalue weighted by molar-refractivity contribution is -0.123. The summed E-state index contributed by atoms with van der Waals surface area (Å²) in [6.07, 6.45) is 8.27. The van der Waals surface area contributed by atoms with E-state index < -0.39 is 0 Å². The Kier molecular flexibility index (Phi) is 7.78. The van der Waals surface area contributed by atoms with Crippen LogP contribution in [0.1, 0.15) is 57.9 Å². The van der Waals surface area contributed by atoms with Crippen molar-refractivity contribution in [2.24, 2.45) is 10.4 Å².